The summed E-state index contributed by atoms with van der Waals surface area (Å²) in [6.45, 7) is 5.37. The smallest absolute Gasteiger partial charge is 0.320 e. The van der Waals surface area contributed by atoms with E-state index in [1.807, 2.05) is 43.0 Å². The zero-order chi connectivity index (χ0) is 17.7. The summed E-state index contributed by atoms with van der Waals surface area (Å²) < 4.78 is 0.860. The SMILES string of the molecule is CC(C)CC(C(=O)O)N1CCC(C(=O)Nc2ccccc2Br)CC1. The highest BCUT2D eigenvalue weighted by Gasteiger charge is 2.32. The first-order valence-electron chi connectivity index (χ1n) is 8.40. The number of benzene rings is 1. The molecule has 1 aromatic carbocycles. The molecule has 1 aliphatic heterocycles. The quantitative estimate of drug-likeness (QED) is 0.770. The number of hydrogen-bond acceptors (Lipinski definition) is 3. The monoisotopic (exact) mass is 396 g/mol. The summed E-state index contributed by atoms with van der Waals surface area (Å²) in [4.78, 5) is 25.9. The van der Waals surface area contributed by atoms with E-state index in [0.717, 1.165) is 10.2 Å². The first kappa shape index (κ1) is 18.9. The first-order valence-corrected chi connectivity index (χ1v) is 9.20. The maximum absolute atomic E-state index is 12.4. The lowest BCUT2D eigenvalue weighted by molar-refractivity contribution is -0.144. The molecule has 1 aromatic rings. The first-order chi connectivity index (χ1) is 11.4. The molecule has 2 N–H and O–H groups in total. The van der Waals surface area contributed by atoms with Crippen LogP contribution in [0.5, 0.6) is 0 Å². The second-order valence-corrected chi connectivity index (χ2v) is 7.62. The molecule has 2 rings (SSSR count). The lowest BCUT2D eigenvalue weighted by Crippen LogP contribution is -2.47. The lowest BCUT2D eigenvalue weighted by Gasteiger charge is -2.35. The van der Waals surface area contributed by atoms with Crippen LogP contribution in [0.25, 0.3) is 0 Å². The molecule has 6 heteroatoms. The van der Waals surface area contributed by atoms with Crippen LogP contribution in [0.3, 0.4) is 0 Å². The summed E-state index contributed by atoms with van der Waals surface area (Å²) in [6, 6.07) is 7.09. The van der Waals surface area contributed by atoms with Gasteiger partial charge < -0.3 is 10.4 Å². The van der Waals surface area contributed by atoms with E-state index in [1.165, 1.54) is 0 Å². The van der Waals surface area contributed by atoms with E-state index in [2.05, 4.69) is 21.2 Å². The maximum Gasteiger partial charge on any atom is 0.320 e. The van der Waals surface area contributed by atoms with Crippen LogP contribution in [0.2, 0.25) is 0 Å². The van der Waals surface area contributed by atoms with Gasteiger partial charge in [0.25, 0.3) is 0 Å². The Kier molecular flexibility index (Phi) is 6.80. The van der Waals surface area contributed by atoms with E-state index in [9.17, 15) is 14.7 Å². The van der Waals surface area contributed by atoms with Gasteiger partial charge in [0.1, 0.15) is 6.04 Å². The molecule has 1 unspecified atom stereocenters. The van der Waals surface area contributed by atoms with Crippen LogP contribution in [0.4, 0.5) is 5.69 Å². The largest absolute Gasteiger partial charge is 0.480 e. The fourth-order valence-electron chi connectivity index (χ4n) is 3.12. The molecule has 0 aromatic heterocycles. The van der Waals surface area contributed by atoms with Crippen LogP contribution < -0.4 is 5.32 Å². The van der Waals surface area contributed by atoms with Gasteiger partial charge in [-0.3, -0.25) is 14.5 Å². The van der Waals surface area contributed by atoms with Gasteiger partial charge in [-0.1, -0.05) is 26.0 Å². The van der Waals surface area contributed by atoms with Crippen molar-refractivity contribution >= 4 is 33.5 Å². The summed E-state index contributed by atoms with van der Waals surface area (Å²) in [5, 5.41) is 12.4. The second kappa shape index (κ2) is 8.62. The number of carboxylic acids is 1. The molecule has 1 heterocycles. The molecule has 1 amide bonds. The number of nitrogens with zero attached hydrogens (tertiary/aromatic N) is 1. The number of carbonyl (C=O) groups excluding carboxylic acids is 1. The van der Waals surface area contributed by atoms with E-state index >= 15 is 0 Å². The lowest BCUT2D eigenvalue weighted by atomic mass is 9.93. The van der Waals surface area contributed by atoms with Gasteiger partial charge in [-0.05, 0) is 66.3 Å². The predicted octanol–water partition coefficient (Wildman–Crippen LogP) is 3.60. The molecule has 0 saturated carbocycles. The van der Waals surface area contributed by atoms with Crippen LogP contribution in [0.1, 0.15) is 33.1 Å². The van der Waals surface area contributed by atoms with Crippen LogP contribution >= 0.6 is 15.9 Å². The molecule has 0 bridgehead atoms. The molecule has 0 aliphatic carbocycles. The number of carbonyl (C=O) groups is 2. The zero-order valence-corrected chi connectivity index (χ0v) is 15.8. The average Bonchev–Trinajstić information content (AvgIpc) is 2.54. The Hall–Kier alpha value is -1.40. The van der Waals surface area contributed by atoms with E-state index in [1.54, 1.807) is 0 Å². The Morgan fingerprint density at radius 1 is 1.29 bits per heavy atom. The number of likely N-dealkylation sites (tertiary alicyclic amines) is 1. The number of nitrogens with one attached hydrogen (secondary N) is 1. The standard InChI is InChI=1S/C18H25BrN2O3/c1-12(2)11-16(18(23)24)21-9-7-13(8-10-21)17(22)20-15-6-4-3-5-14(15)19/h3-6,12-13,16H,7-11H2,1-2H3,(H,20,22)(H,23,24). The van der Waals surface area contributed by atoms with E-state index in [-0.39, 0.29) is 11.8 Å². The average molecular weight is 397 g/mol. The number of amides is 1. The normalized spacial score (nSPS) is 17.7. The van der Waals surface area contributed by atoms with Crippen molar-refractivity contribution in [1.82, 2.24) is 4.90 Å². The third kappa shape index (κ3) is 5.05. The number of halogens is 1. The van der Waals surface area contributed by atoms with E-state index in [4.69, 9.17) is 0 Å². The van der Waals surface area contributed by atoms with E-state index < -0.39 is 12.0 Å². The van der Waals surface area contributed by atoms with Crippen LogP contribution in [0, 0.1) is 11.8 Å². The highest BCUT2D eigenvalue weighted by atomic mass is 79.9. The summed E-state index contributed by atoms with van der Waals surface area (Å²) in [5.74, 6) is -0.485. The highest BCUT2D eigenvalue weighted by Crippen LogP contribution is 2.26. The van der Waals surface area contributed by atoms with Gasteiger partial charge in [0.2, 0.25) is 5.91 Å². The maximum atomic E-state index is 12.4. The van der Waals surface area contributed by atoms with E-state index in [0.29, 0.717) is 38.3 Å². The molecule has 0 spiro atoms. The fraction of sp³-hybridized carbons (Fsp3) is 0.556. The van der Waals surface area contributed by atoms with Crippen LogP contribution in [0.15, 0.2) is 28.7 Å². The number of aliphatic carboxylic acids is 1. The molecule has 5 nitrogen and oxygen atoms in total. The van der Waals surface area contributed by atoms with Gasteiger partial charge in [-0.15, -0.1) is 0 Å². The molecule has 1 fully saturated rings. The van der Waals surface area contributed by atoms with Gasteiger partial charge in [0, 0.05) is 10.4 Å². The topological polar surface area (TPSA) is 69.6 Å². The third-order valence-corrected chi connectivity index (χ3v) is 5.14. The number of hydrogen-bond donors (Lipinski definition) is 2. The van der Waals surface area contributed by atoms with Crippen molar-refractivity contribution in [2.45, 2.75) is 39.2 Å². The molecule has 132 valence electrons. The second-order valence-electron chi connectivity index (χ2n) is 6.76. The van der Waals surface area contributed by atoms with Gasteiger partial charge >= 0.3 is 5.97 Å². The van der Waals surface area contributed by atoms with Crippen LogP contribution in [-0.4, -0.2) is 41.0 Å². The number of piperidine rings is 1. The van der Waals surface area contributed by atoms with Gasteiger partial charge in [0.05, 0.1) is 5.69 Å². The number of anilines is 1. The third-order valence-electron chi connectivity index (χ3n) is 4.45. The summed E-state index contributed by atoms with van der Waals surface area (Å²) >= 11 is 3.43. The number of carboxylic acid groups (broad SMARTS) is 1. The van der Waals surface area contributed by atoms with Crippen molar-refractivity contribution < 1.29 is 14.7 Å². The minimum Gasteiger partial charge on any atom is -0.480 e. The van der Waals surface area contributed by atoms with Gasteiger partial charge in [-0.25, -0.2) is 0 Å². The predicted molar refractivity (Wildman–Crippen MR) is 97.9 cm³/mol. The van der Waals surface area contributed by atoms with Crippen molar-refractivity contribution in [2.24, 2.45) is 11.8 Å². The fourth-order valence-corrected chi connectivity index (χ4v) is 3.51. The molecular formula is C18H25BrN2O3. The Bertz CT molecular complexity index is 583. The van der Waals surface area contributed by atoms with Crippen molar-refractivity contribution in [2.75, 3.05) is 18.4 Å². The minimum atomic E-state index is -0.764. The summed E-state index contributed by atoms with van der Waals surface area (Å²) in [5.41, 5.74) is 0.771. The molecule has 1 atom stereocenters. The van der Waals surface area contributed by atoms with Crippen molar-refractivity contribution in [1.29, 1.82) is 0 Å². The Balaban J connectivity index is 1.91. The molecule has 24 heavy (non-hydrogen) atoms. The Morgan fingerprint density at radius 2 is 1.92 bits per heavy atom. The molecular weight excluding hydrogens is 372 g/mol. The van der Waals surface area contributed by atoms with Crippen LogP contribution in [-0.2, 0) is 9.59 Å². The highest BCUT2D eigenvalue weighted by molar-refractivity contribution is 9.10. The molecule has 0 radical (unpaired) electrons. The molecule has 1 aliphatic rings. The zero-order valence-electron chi connectivity index (χ0n) is 14.2. The summed E-state index contributed by atoms with van der Waals surface area (Å²) in [6.07, 6.45) is 2.03. The summed E-state index contributed by atoms with van der Waals surface area (Å²) in [7, 11) is 0. The number of para-hydroxylation sites is 1. The molecule has 1 saturated heterocycles. The Labute approximate surface area is 151 Å². The van der Waals surface area contributed by atoms with Crippen molar-refractivity contribution in [3.8, 4) is 0 Å². The number of rotatable bonds is 6. The van der Waals surface area contributed by atoms with Gasteiger partial charge in [-0.2, -0.15) is 0 Å². The Morgan fingerprint density at radius 3 is 2.46 bits per heavy atom. The van der Waals surface area contributed by atoms with Gasteiger partial charge in [0.15, 0.2) is 0 Å². The minimum absolute atomic E-state index is 0.0114. The van der Waals surface area contributed by atoms with Crippen molar-refractivity contribution in [3.05, 3.63) is 28.7 Å². The van der Waals surface area contributed by atoms with Crippen molar-refractivity contribution in [3.63, 3.8) is 0 Å².